The van der Waals surface area contributed by atoms with Crippen LogP contribution in [0.2, 0.25) is 0 Å². The molecule has 1 fully saturated rings. The minimum absolute atomic E-state index is 0.453. The Morgan fingerprint density at radius 2 is 1.70 bits per heavy atom. The fourth-order valence-corrected chi connectivity index (χ4v) is 3.24. The Morgan fingerprint density at radius 1 is 1.00 bits per heavy atom. The summed E-state index contributed by atoms with van der Waals surface area (Å²) in [4.78, 5) is 0. The lowest BCUT2D eigenvalue weighted by Crippen LogP contribution is -2.21. The van der Waals surface area contributed by atoms with Crippen LogP contribution in [0.3, 0.4) is 0 Å². The SMILES string of the molecule is COc1ccc(NC2CCCC(C(C)(C)C)CC2)cc1. The van der Waals surface area contributed by atoms with Crippen molar-refractivity contribution in [2.24, 2.45) is 11.3 Å². The van der Waals surface area contributed by atoms with Crippen LogP contribution in [0.4, 0.5) is 5.69 Å². The van der Waals surface area contributed by atoms with E-state index in [2.05, 4.69) is 38.2 Å². The number of hydrogen-bond donors (Lipinski definition) is 1. The predicted octanol–water partition coefficient (Wildman–Crippen LogP) is 5.10. The van der Waals surface area contributed by atoms with Gasteiger partial charge in [0.1, 0.15) is 5.75 Å². The molecule has 0 aromatic heterocycles. The average Bonchev–Trinajstić information content (AvgIpc) is 2.65. The van der Waals surface area contributed by atoms with Gasteiger partial charge in [-0.05, 0) is 61.3 Å². The van der Waals surface area contributed by atoms with E-state index in [0.717, 1.165) is 11.7 Å². The fraction of sp³-hybridized carbons (Fsp3) is 0.667. The van der Waals surface area contributed by atoms with E-state index in [1.807, 2.05) is 12.1 Å². The summed E-state index contributed by atoms with van der Waals surface area (Å²) < 4.78 is 5.20. The fourth-order valence-electron chi connectivity index (χ4n) is 3.24. The third-order valence-corrected chi connectivity index (χ3v) is 4.65. The molecule has 0 radical (unpaired) electrons. The van der Waals surface area contributed by atoms with Crippen LogP contribution >= 0.6 is 0 Å². The largest absolute Gasteiger partial charge is 0.497 e. The maximum atomic E-state index is 5.20. The number of rotatable bonds is 3. The Kier molecular flexibility index (Phi) is 4.95. The van der Waals surface area contributed by atoms with Gasteiger partial charge in [0, 0.05) is 11.7 Å². The van der Waals surface area contributed by atoms with Crippen LogP contribution < -0.4 is 10.1 Å². The number of anilines is 1. The lowest BCUT2D eigenvalue weighted by Gasteiger charge is -2.29. The zero-order chi connectivity index (χ0) is 14.6. The van der Waals surface area contributed by atoms with E-state index in [0.29, 0.717) is 11.5 Å². The van der Waals surface area contributed by atoms with E-state index < -0.39 is 0 Å². The maximum Gasteiger partial charge on any atom is 0.119 e. The molecule has 2 unspecified atom stereocenters. The van der Waals surface area contributed by atoms with Crippen molar-refractivity contribution in [3.05, 3.63) is 24.3 Å². The van der Waals surface area contributed by atoms with Crippen molar-refractivity contribution in [1.82, 2.24) is 0 Å². The summed E-state index contributed by atoms with van der Waals surface area (Å²) in [5.41, 5.74) is 1.67. The van der Waals surface area contributed by atoms with Gasteiger partial charge in [-0.25, -0.2) is 0 Å². The van der Waals surface area contributed by atoms with E-state index in [4.69, 9.17) is 4.74 Å². The second-order valence-corrected chi connectivity index (χ2v) is 7.14. The van der Waals surface area contributed by atoms with Gasteiger partial charge >= 0.3 is 0 Å². The van der Waals surface area contributed by atoms with Crippen molar-refractivity contribution in [2.45, 2.75) is 58.9 Å². The highest BCUT2D eigenvalue weighted by Gasteiger charge is 2.27. The minimum Gasteiger partial charge on any atom is -0.497 e. The summed E-state index contributed by atoms with van der Waals surface area (Å²) in [5, 5.41) is 3.69. The molecule has 1 aromatic carbocycles. The van der Waals surface area contributed by atoms with Crippen molar-refractivity contribution in [1.29, 1.82) is 0 Å². The number of benzene rings is 1. The number of ether oxygens (including phenoxy) is 1. The van der Waals surface area contributed by atoms with E-state index in [1.54, 1.807) is 7.11 Å². The van der Waals surface area contributed by atoms with Gasteiger partial charge in [0.05, 0.1) is 7.11 Å². The molecule has 0 saturated heterocycles. The Bertz CT molecular complexity index is 404. The van der Waals surface area contributed by atoms with Crippen LogP contribution in [0.5, 0.6) is 5.75 Å². The molecule has 1 N–H and O–H groups in total. The lowest BCUT2D eigenvalue weighted by atomic mass is 9.76. The second-order valence-electron chi connectivity index (χ2n) is 7.14. The maximum absolute atomic E-state index is 5.20. The first-order valence-electron chi connectivity index (χ1n) is 7.89. The first-order valence-corrected chi connectivity index (χ1v) is 7.89. The summed E-state index contributed by atoms with van der Waals surface area (Å²) in [6, 6.07) is 8.90. The minimum atomic E-state index is 0.453. The highest BCUT2D eigenvalue weighted by molar-refractivity contribution is 5.47. The highest BCUT2D eigenvalue weighted by atomic mass is 16.5. The smallest absolute Gasteiger partial charge is 0.119 e. The molecule has 112 valence electrons. The second kappa shape index (κ2) is 6.51. The molecule has 0 aliphatic heterocycles. The number of hydrogen-bond acceptors (Lipinski definition) is 2. The summed E-state index contributed by atoms with van der Waals surface area (Å²) in [6.45, 7) is 7.15. The molecule has 2 atom stereocenters. The predicted molar refractivity (Wildman–Crippen MR) is 86.4 cm³/mol. The van der Waals surface area contributed by atoms with Crippen LogP contribution in [0.25, 0.3) is 0 Å². The molecule has 0 amide bonds. The molecule has 1 saturated carbocycles. The normalized spacial score (nSPS) is 24.0. The standard InChI is InChI=1S/C18H29NO/c1-18(2,3)14-6-5-7-15(9-8-14)19-16-10-12-17(20-4)13-11-16/h10-15,19H,5-9H2,1-4H3. The average molecular weight is 275 g/mol. The third-order valence-electron chi connectivity index (χ3n) is 4.65. The van der Waals surface area contributed by atoms with Gasteiger partial charge in [-0.2, -0.15) is 0 Å². The Hall–Kier alpha value is -1.18. The molecule has 2 heteroatoms. The molecule has 0 heterocycles. The van der Waals surface area contributed by atoms with E-state index in [-0.39, 0.29) is 0 Å². The summed E-state index contributed by atoms with van der Waals surface area (Å²) in [6.07, 6.45) is 6.64. The quantitative estimate of drug-likeness (QED) is 0.775. The van der Waals surface area contributed by atoms with Crippen molar-refractivity contribution in [2.75, 3.05) is 12.4 Å². The van der Waals surface area contributed by atoms with Gasteiger partial charge in [-0.3, -0.25) is 0 Å². The summed E-state index contributed by atoms with van der Waals surface area (Å²) >= 11 is 0. The van der Waals surface area contributed by atoms with Gasteiger partial charge < -0.3 is 10.1 Å². The van der Waals surface area contributed by atoms with E-state index >= 15 is 0 Å². The first kappa shape index (κ1) is 15.2. The zero-order valence-corrected chi connectivity index (χ0v) is 13.4. The van der Waals surface area contributed by atoms with Gasteiger partial charge in [-0.15, -0.1) is 0 Å². The van der Waals surface area contributed by atoms with Gasteiger partial charge in [-0.1, -0.05) is 27.2 Å². The Morgan fingerprint density at radius 3 is 2.30 bits per heavy atom. The van der Waals surface area contributed by atoms with E-state index in [1.165, 1.54) is 37.8 Å². The highest BCUT2D eigenvalue weighted by Crippen LogP contribution is 2.37. The molecule has 2 rings (SSSR count). The number of methoxy groups -OCH3 is 1. The molecule has 2 nitrogen and oxygen atoms in total. The molecule has 1 aromatic rings. The van der Waals surface area contributed by atoms with Crippen molar-refractivity contribution < 1.29 is 4.74 Å². The van der Waals surface area contributed by atoms with E-state index in [9.17, 15) is 0 Å². The lowest BCUT2D eigenvalue weighted by molar-refractivity contribution is 0.214. The molecule has 1 aliphatic rings. The van der Waals surface area contributed by atoms with Crippen molar-refractivity contribution in [3.63, 3.8) is 0 Å². The van der Waals surface area contributed by atoms with Crippen LogP contribution in [0.1, 0.15) is 52.9 Å². The van der Waals surface area contributed by atoms with Crippen molar-refractivity contribution in [3.8, 4) is 5.75 Å². The van der Waals surface area contributed by atoms with Gasteiger partial charge in [0.15, 0.2) is 0 Å². The Labute approximate surface area is 123 Å². The number of nitrogens with one attached hydrogen (secondary N) is 1. The zero-order valence-electron chi connectivity index (χ0n) is 13.4. The molecule has 0 bridgehead atoms. The molecular weight excluding hydrogens is 246 g/mol. The molecule has 0 spiro atoms. The van der Waals surface area contributed by atoms with Gasteiger partial charge in [0.2, 0.25) is 0 Å². The molecule has 20 heavy (non-hydrogen) atoms. The summed E-state index contributed by atoms with van der Waals surface area (Å²) in [7, 11) is 1.71. The van der Waals surface area contributed by atoms with Crippen molar-refractivity contribution >= 4 is 5.69 Å². The van der Waals surface area contributed by atoms with Crippen LogP contribution in [-0.4, -0.2) is 13.2 Å². The topological polar surface area (TPSA) is 21.3 Å². The monoisotopic (exact) mass is 275 g/mol. The van der Waals surface area contributed by atoms with Crippen LogP contribution in [-0.2, 0) is 0 Å². The summed E-state index contributed by atoms with van der Waals surface area (Å²) in [5.74, 6) is 1.79. The Balaban J connectivity index is 1.90. The van der Waals surface area contributed by atoms with Crippen LogP contribution in [0.15, 0.2) is 24.3 Å². The molecular formula is C18H29NO. The van der Waals surface area contributed by atoms with Gasteiger partial charge in [0.25, 0.3) is 0 Å². The third kappa shape index (κ3) is 4.16. The first-order chi connectivity index (χ1) is 9.49. The molecule has 1 aliphatic carbocycles. The van der Waals surface area contributed by atoms with Crippen LogP contribution in [0, 0.1) is 11.3 Å².